The summed E-state index contributed by atoms with van der Waals surface area (Å²) >= 11 is 0. The molecule has 5 nitrogen and oxygen atoms in total. The third-order valence-electron chi connectivity index (χ3n) is 3.01. The fraction of sp³-hybridized carbons (Fsp3) is 0.0714. The lowest BCUT2D eigenvalue weighted by Crippen LogP contribution is -2.05. The Morgan fingerprint density at radius 3 is 2.80 bits per heavy atom. The van der Waals surface area contributed by atoms with Gasteiger partial charge in [-0.15, -0.1) is 0 Å². The average molecular weight is 267 g/mol. The Balaban J connectivity index is 2.41. The smallest absolute Gasteiger partial charge is 0.207 e. The highest BCUT2D eigenvalue weighted by Crippen LogP contribution is 2.25. The first kappa shape index (κ1) is 12.1. The minimum Gasteiger partial charge on any atom is -0.369 e. The summed E-state index contributed by atoms with van der Waals surface area (Å²) in [5, 5.41) is 9.13. The van der Waals surface area contributed by atoms with Crippen molar-refractivity contribution in [2.75, 3.05) is 5.73 Å². The zero-order chi connectivity index (χ0) is 14.3. The maximum Gasteiger partial charge on any atom is 0.207 e. The van der Waals surface area contributed by atoms with E-state index in [2.05, 4.69) is 9.97 Å². The van der Waals surface area contributed by atoms with Crippen molar-refractivity contribution >= 4 is 17.1 Å². The summed E-state index contributed by atoms with van der Waals surface area (Å²) in [7, 11) is 0. The summed E-state index contributed by atoms with van der Waals surface area (Å²) in [6.07, 6.45) is 0. The minimum absolute atomic E-state index is 0.0817. The molecule has 0 unspecified atom stereocenters. The highest BCUT2D eigenvalue weighted by Gasteiger charge is 2.16. The summed E-state index contributed by atoms with van der Waals surface area (Å²) in [6, 6.07) is 9.82. The number of imidazole rings is 1. The van der Waals surface area contributed by atoms with Gasteiger partial charge in [0.25, 0.3) is 0 Å². The summed E-state index contributed by atoms with van der Waals surface area (Å²) in [5.41, 5.74) is 8.03. The number of pyridine rings is 1. The molecule has 0 radical (unpaired) electrons. The summed E-state index contributed by atoms with van der Waals surface area (Å²) in [6.45, 7) is 1.84. The Morgan fingerprint density at radius 1 is 1.25 bits per heavy atom. The van der Waals surface area contributed by atoms with Gasteiger partial charge >= 0.3 is 0 Å². The normalized spacial score (nSPS) is 10.7. The van der Waals surface area contributed by atoms with Crippen LogP contribution in [0.25, 0.3) is 16.9 Å². The van der Waals surface area contributed by atoms with Crippen LogP contribution >= 0.6 is 0 Å². The molecule has 3 rings (SSSR count). The molecule has 0 saturated heterocycles. The van der Waals surface area contributed by atoms with E-state index in [-0.39, 0.29) is 11.5 Å². The monoisotopic (exact) mass is 267 g/mol. The van der Waals surface area contributed by atoms with Gasteiger partial charge in [-0.05, 0) is 31.2 Å². The number of halogens is 1. The zero-order valence-electron chi connectivity index (χ0n) is 10.6. The lowest BCUT2D eigenvalue weighted by atomic mass is 10.2. The van der Waals surface area contributed by atoms with Crippen LogP contribution < -0.4 is 5.73 Å². The minimum atomic E-state index is -0.598. The van der Waals surface area contributed by atoms with Gasteiger partial charge in [0, 0.05) is 5.69 Å². The Labute approximate surface area is 114 Å². The van der Waals surface area contributed by atoms with Gasteiger partial charge in [0.2, 0.25) is 5.95 Å². The Hall–Kier alpha value is -2.94. The van der Waals surface area contributed by atoms with Gasteiger partial charge in [-0.1, -0.05) is 6.07 Å². The van der Waals surface area contributed by atoms with Crippen LogP contribution in [0.4, 0.5) is 10.3 Å². The molecule has 0 amide bonds. The molecule has 2 aromatic heterocycles. The van der Waals surface area contributed by atoms with Crippen molar-refractivity contribution in [2.45, 2.75) is 6.92 Å². The second kappa shape index (κ2) is 4.31. The Morgan fingerprint density at radius 2 is 2.05 bits per heavy atom. The number of hydrogen-bond donors (Lipinski definition) is 1. The number of hydrogen-bond acceptors (Lipinski definition) is 4. The van der Waals surface area contributed by atoms with Crippen molar-refractivity contribution in [3.63, 3.8) is 0 Å². The van der Waals surface area contributed by atoms with Crippen LogP contribution in [0.2, 0.25) is 0 Å². The van der Waals surface area contributed by atoms with E-state index in [1.165, 1.54) is 16.7 Å². The first-order chi connectivity index (χ1) is 9.61. The van der Waals surface area contributed by atoms with Gasteiger partial charge in [0.05, 0.1) is 5.69 Å². The zero-order valence-corrected chi connectivity index (χ0v) is 10.6. The number of rotatable bonds is 1. The Kier molecular flexibility index (Phi) is 2.61. The molecule has 98 valence electrons. The van der Waals surface area contributed by atoms with E-state index in [1.807, 2.05) is 19.1 Å². The first-order valence-corrected chi connectivity index (χ1v) is 5.92. The van der Waals surface area contributed by atoms with Crippen LogP contribution in [-0.4, -0.2) is 14.5 Å². The molecule has 6 heteroatoms. The first-order valence-electron chi connectivity index (χ1n) is 5.92. The van der Waals surface area contributed by atoms with Gasteiger partial charge in [0.1, 0.15) is 23.0 Å². The molecular weight excluding hydrogens is 257 g/mol. The molecule has 3 aromatic rings. The van der Waals surface area contributed by atoms with E-state index in [1.54, 1.807) is 12.1 Å². The van der Waals surface area contributed by atoms with E-state index < -0.39 is 5.82 Å². The largest absolute Gasteiger partial charge is 0.369 e. The molecule has 0 aliphatic rings. The third kappa shape index (κ3) is 1.68. The number of nitrogen functional groups attached to an aromatic ring is 1. The quantitative estimate of drug-likeness (QED) is 0.733. The van der Waals surface area contributed by atoms with Gasteiger partial charge < -0.3 is 5.73 Å². The topological polar surface area (TPSA) is 80.5 Å². The summed E-state index contributed by atoms with van der Waals surface area (Å²) in [4.78, 5) is 8.55. The van der Waals surface area contributed by atoms with E-state index in [4.69, 9.17) is 11.0 Å². The lowest BCUT2D eigenvalue weighted by molar-refractivity contribution is 0.623. The van der Waals surface area contributed by atoms with Gasteiger partial charge in [-0.25, -0.2) is 14.4 Å². The number of fused-ring (bicyclic) bond motifs is 1. The van der Waals surface area contributed by atoms with Crippen molar-refractivity contribution < 1.29 is 4.39 Å². The van der Waals surface area contributed by atoms with Crippen molar-refractivity contribution in [1.82, 2.24) is 14.5 Å². The molecule has 1 aromatic carbocycles. The highest BCUT2D eigenvalue weighted by atomic mass is 19.1. The van der Waals surface area contributed by atoms with Gasteiger partial charge in [-0.3, -0.25) is 4.57 Å². The molecule has 0 fully saturated rings. The molecule has 0 saturated carbocycles. The summed E-state index contributed by atoms with van der Waals surface area (Å²) in [5.74, 6) is -0.431. The average Bonchev–Trinajstić information content (AvgIpc) is 2.73. The fourth-order valence-corrected chi connectivity index (χ4v) is 2.12. The van der Waals surface area contributed by atoms with E-state index in [0.717, 1.165) is 5.69 Å². The standard InChI is InChI=1S/C14H10FN5/c1-8-5-6-11-13(18-8)20(14(17)19-11)12-4-2-3-10(15)9(12)7-16/h2-6H,1H3,(H2,17,19). The number of nitriles is 1. The molecule has 20 heavy (non-hydrogen) atoms. The van der Waals surface area contributed by atoms with Crippen LogP contribution in [0.15, 0.2) is 30.3 Å². The van der Waals surface area contributed by atoms with Crippen LogP contribution in [0.1, 0.15) is 11.3 Å². The second-order valence-electron chi connectivity index (χ2n) is 4.35. The number of benzene rings is 1. The molecule has 0 aliphatic heterocycles. The molecule has 0 bridgehead atoms. The van der Waals surface area contributed by atoms with E-state index in [9.17, 15) is 4.39 Å². The highest BCUT2D eigenvalue weighted by molar-refractivity contribution is 5.78. The number of aromatic nitrogens is 3. The van der Waals surface area contributed by atoms with Crippen molar-refractivity contribution in [3.8, 4) is 11.8 Å². The molecular formula is C14H10FN5. The van der Waals surface area contributed by atoms with Crippen molar-refractivity contribution in [2.24, 2.45) is 0 Å². The molecule has 0 spiro atoms. The van der Waals surface area contributed by atoms with Gasteiger partial charge in [0.15, 0.2) is 5.65 Å². The van der Waals surface area contributed by atoms with Gasteiger partial charge in [-0.2, -0.15) is 5.26 Å². The predicted octanol–water partition coefficient (Wildman–Crippen LogP) is 2.32. The molecule has 2 heterocycles. The number of aryl methyl sites for hydroxylation is 1. The third-order valence-corrected chi connectivity index (χ3v) is 3.01. The van der Waals surface area contributed by atoms with Crippen LogP contribution in [0.3, 0.4) is 0 Å². The second-order valence-corrected chi connectivity index (χ2v) is 4.35. The van der Waals surface area contributed by atoms with E-state index >= 15 is 0 Å². The maximum absolute atomic E-state index is 13.7. The lowest BCUT2D eigenvalue weighted by Gasteiger charge is -2.08. The van der Waals surface area contributed by atoms with Crippen molar-refractivity contribution in [1.29, 1.82) is 5.26 Å². The SMILES string of the molecule is Cc1ccc2nc(N)n(-c3cccc(F)c3C#N)c2n1. The van der Waals surface area contributed by atoms with Crippen LogP contribution in [-0.2, 0) is 0 Å². The molecule has 0 atom stereocenters. The Bertz CT molecular complexity index is 860. The predicted molar refractivity (Wildman–Crippen MR) is 72.7 cm³/mol. The molecule has 2 N–H and O–H groups in total. The van der Waals surface area contributed by atoms with Crippen LogP contribution in [0, 0.1) is 24.1 Å². The fourth-order valence-electron chi connectivity index (χ4n) is 2.12. The number of nitrogens with zero attached hydrogens (tertiary/aromatic N) is 4. The number of nitrogens with two attached hydrogens (primary N) is 1. The van der Waals surface area contributed by atoms with Crippen molar-refractivity contribution in [3.05, 3.63) is 47.4 Å². The molecule has 0 aliphatic carbocycles. The number of anilines is 1. The van der Waals surface area contributed by atoms with E-state index in [0.29, 0.717) is 16.9 Å². The maximum atomic E-state index is 13.7. The summed E-state index contributed by atoms with van der Waals surface area (Å²) < 4.78 is 15.2. The van der Waals surface area contributed by atoms with Crippen LogP contribution in [0.5, 0.6) is 0 Å².